The zero-order valence-corrected chi connectivity index (χ0v) is 26.8. The number of nitrogens with zero attached hydrogens (tertiary/aromatic N) is 6. The summed E-state index contributed by atoms with van der Waals surface area (Å²) in [5.74, 6) is -3.75. The van der Waals surface area contributed by atoms with E-state index < -0.39 is 47.0 Å². The highest BCUT2D eigenvalue weighted by Crippen LogP contribution is 2.40. The van der Waals surface area contributed by atoms with E-state index in [-0.39, 0.29) is 39.2 Å². The predicted octanol–water partition coefficient (Wildman–Crippen LogP) is -0.0320. The number of amides is 2. The number of rotatable bonds is 12. The van der Waals surface area contributed by atoms with E-state index in [1.54, 1.807) is 16.8 Å². The van der Waals surface area contributed by atoms with Crippen molar-refractivity contribution in [2.24, 2.45) is 10.9 Å². The molecule has 2 aliphatic rings. The predicted molar refractivity (Wildman–Crippen MR) is 169 cm³/mol. The molecule has 1 fully saturated rings. The number of fused-ring (bicyclic) bond motifs is 2. The molecule has 3 aromatic heterocycles. The maximum Gasteiger partial charge on any atom is 0.352 e. The average Bonchev–Trinajstić information content (AvgIpc) is 3.51. The number of aryl methyl sites for hydroxylation is 1. The van der Waals surface area contributed by atoms with Gasteiger partial charge in [-0.1, -0.05) is 28.1 Å². The quantitative estimate of drug-likeness (QED) is 0.0631. The number of thioether (sulfide) groups is 1. The van der Waals surface area contributed by atoms with Gasteiger partial charge in [-0.05, 0) is 37.4 Å². The van der Waals surface area contributed by atoms with Gasteiger partial charge in [0, 0.05) is 23.9 Å². The first-order chi connectivity index (χ1) is 21.8. The second-order valence-electron chi connectivity index (χ2n) is 10.6. The molecule has 244 valence electrons. The molecule has 0 radical (unpaired) electrons. The molecule has 0 aromatic carbocycles. The minimum atomic E-state index is -1.42. The Kier molecular flexibility index (Phi) is 9.38. The largest absolute Gasteiger partial charge is 0.478 e. The molecule has 2 unspecified atom stereocenters. The van der Waals surface area contributed by atoms with Crippen LogP contribution < -0.4 is 27.1 Å². The van der Waals surface area contributed by atoms with Crippen molar-refractivity contribution in [3.63, 3.8) is 0 Å². The van der Waals surface area contributed by atoms with Crippen molar-refractivity contribution in [1.29, 1.82) is 0 Å². The molecule has 20 heteroatoms. The third-order valence-corrected chi connectivity index (χ3v) is 9.63. The number of anilines is 2. The molecule has 1 saturated heterocycles. The topological polar surface area (TPSA) is 258 Å². The van der Waals surface area contributed by atoms with Crippen molar-refractivity contribution < 1.29 is 38.8 Å². The van der Waals surface area contributed by atoms with Gasteiger partial charge in [0.1, 0.15) is 39.2 Å². The number of carbonyl (C=O) groups excluding carboxylic acids is 2. The van der Waals surface area contributed by atoms with Gasteiger partial charge in [0.2, 0.25) is 6.10 Å². The Balaban J connectivity index is 1.39. The third kappa shape index (κ3) is 6.30. The number of nitrogens with one attached hydrogen (secondary N) is 1. The van der Waals surface area contributed by atoms with Gasteiger partial charge in [-0.25, -0.2) is 19.1 Å². The first-order valence-corrected chi connectivity index (χ1v) is 16.0. The Morgan fingerprint density at radius 2 is 2.02 bits per heavy atom. The van der Waals surface area contributed by atoms with Crippen molar-refractivity contribution in [1.82, 2.24) is 24.8 Å². The summed E-state index contributed by atoms with van der Waals surface area (Å²) >= 11 is 8.28. The maximum absolute atomic E-state index is 13.4. The van der Waals surface area contributed by atoms with E-state index in [0.29, 0.717) is 30.1 Å². The number of aromatic nitrogens is 4. The molecule has 5 heterocycles. The van der Waals surface area contributed by atoms with Crippen molar-refractivity contribution in [2.45, 2.75) is 56.9 Å². The van der Waals surface area contributed by atoms with Crippen molar-refractivity contribution in [3.05, 3.63) is 39.6 Å². The number of oxime groups is 1. The normalized spacial score (nSPS) is 19.4. The molecule has 0 spiro atoms. The van der Waals surface area contributed by atoms with E-state index in [9.17, 15) is 24.3 Å². The van der Waals surface area contributed by atoms with Gasteiger partial charge >= 0.3 is 23.5 Å². The number of thiazole rings is 1. The summed E-state index contributed by atoms with van der Waals surface area (Å²) < 4.78 is 3.60. The molecule has 5 rings (SSSR count). The number of carbonyl (C=O) groups is 4. The van der Waals surface area contributed by atoms with Crippen LogP contribution in [0.1, 0.15) is 26.0 Å². The molecule has 4 atom stereocenters. The summed E-state index contributed by atoms with van der Waals surface area (Å²) in [6.07, 6.45) is 1.01. The fourth-order valence-corrected chi connectivity index (χ4v) is 7.17. The molecule has 2 aliphatic heterocycles. The molecular formula is C26H30ClN10O7S2+. The first-order valence-electron chi connectivity index (χ1n) is 13.8. The van der Waals surface area contributed by atoms with Crippen LogP contribution in [0.4, 0.5) is 11.1 Å². The third-order valence-electron chi connectivity index (χ3n) is 7.21. The number of halogens is 1. The summed E-state index contributed by atoms with van der Waals surface area (Å²) in [6, 6.07) is 2.48. The maximum atomic E-state index is 13.4. The van der Waals surface area contributed by atoms with Crippen LogP contribution in [0.2, 0.25) is 4.34 Å². The number of hydrogen-bond donors (Lipinski definition) is 6. The lowest BCUT2D eigenvalue weighted by atomic mass is 10.0. The standard InChI is InChI=1S/C26H29ClN10O7S2/c1-10(28)5-7-36-13-4-3-6-35(19(13)33-25(36)29)8-12-9-45-22-16(21(39)37(22)17(12)24(42)43)31-20(38)15(34-44-11(2)23(40)41)14-18(27)46-26(30)32-14/h3-4,6,10-11,16,22,29H,5,7-9,28H2,1-2H3,(H5,30,31,32,38,40,41,42,43)/p+1/t10-,11-,16?,22?/m0/s1. The van der Waals surface area contributed by atoms with Gasteiger partial charge in [0.15, 0.2) is 10.8 Å². The first kappa shape index (κ1) is 32.9. The summed E-state index contributed by atoms with van der Waals surface area (Å²) in [6.45, 7) is 3.76. The van der Waals surface area contributed by atoms with Crippen molar-refractivity contribution >= 4 is 86.4 Å². The molecule has 0 saturated carbocycles. The number of aliphatic carboxylic acids is 2. The van der Waals surface area contributed by atoms with E-state index >= 15 is 0 Å². The molecule has 0 aliphatic carbocycles. The van der Waals surface area contributed by atoms with Crippen LogP contribution in [0.25, 0.3) is 11.2 Å². The zero-order valence-electron chi connectivity index (χ0n) is 24.4. The van der Waals surface area contributed by atoms with E-state index in [2.05, 4.69) is 20.4 Å². The highest BCUT2D eigenvalue weighted by atomic mass is 35.5. The molecule has 9 N–H and O–H groups in total. The Morgan fingerprint density at radius 1 is 1.28 bits per heavy atom. The zero-order chi connectivity index (χ0) is 33.4. The van der Waals surface area contributed by atoms with Crippen LogP contribution in [0, 0.1) is 0 Å². The highest BCUT2D eigenvalue weighted by Gasteiger charge is 2.54. The lowest BCUT2D eigenvalue weighted by Crippen LogP contribution is -2.71. The van der Waals surface area contributed by atoms with Crippen LogP contribution in [0.5, 0.6) is 0 Å². The van der Waals surface area contributed by atoms with Crippen LogP contribution in [-0.2, 0) is 37.1 Å². The molecule has 3 aromatic rings. The van der Waals surface area contributed by atoms with Gasteiger partial charge in [0.05, 0.1) is 6.20 Å². The van der Waals surface area contributed by atoms with Gasteiger partial charge < -0.3 is 37.6 Å². The van der Waals surface area contributed by atoms with Crippen LogP contribution in [0.3, 0.4) is 0 Å². The second kappa shape index (κ2) is 13.1. The SMILES string of the molecule is C[C@H](N)CCn1c(N)nc2c1ccc[n+]2CC1=C(C(=O)O)N2C(=O)C(NC(=O)C(=NO[C@@H](C)C(=O)O)c3nc(N)sc3Cl)C2SC1. The molecule has 17 nitrogen and oxygen atoms in total. The van der Waals surface area contributed by atoms with Crippen molar-refractivity contribution in [3.8, 4) is 0 Å². The number of nitrogen functional groups attached to an aromatic ring is 2. The fraction of sp³-hybridized carbons (Fsp3) is 0.385. The number of imidazole rings is 1. The molecule has 0 bridgehead atoms. The number of β-lactam (4-membered cyclic amide) rings is 1. The number of pyridine rings is 1. The molecular weight excluding hydrogens is 664 g/mol. The highest BCUT2D eigenvalue weighted by molar-refractivity contribution is 8.00. The summed E-state index contributed by atoms with van der Waals surface area (Å²) in [5.41, 5.74) is 18.7. The Morgan fingerprint density at radius 3 is 2.65 bits per heavy atom. The van der Waals surface area contributed by atoms with Gasteiger partial charge in [-0.3, -0.25) is 19.1 Å². The van der Waals surface area contributed by atoms with Crippen LogP contribution in [0.15, 0.2) is 34.8 Å². The number of nitrogens with two attached hydrogens (primary N) is 3. The number of carboxylic acids is 2. The lowest BCUT2D eigenvalue weighted by Gasteiger charge is -2.49. The summed E-state index contributed by atoms with van der Waals surface area (Å²) in [5, 5.41) is 24.8. The van der Waals surface area contributed by atoms with E-state index in [1.165, 1.54) is 18.7 Å². The number of carboxylic acid groups (broad SMARTS) is 2. The Bertz CT molecular complexity index is 1810. The van der Waals surface area contributed by atoms with Gasteiger partial charge in [-0.15, -0.1) is 11.8 Å². The van der Waals surface area contributed by atoms with Crippen LogP contribution >= 0.6 is 34.7 Å². The monoisotopic (exact) mass is 693 g/mol. The molecule has 2 amide bonds. The van der Waals surface area contributed by atoms with Crippen molar-refractivity contribution in [2.75, 3.05) is 17.2 Å². The van der Waals surface area contributed by atoms with E-state index in [4.69, 9.17) is 38.7 Å². The van der Waals surface area contributed by atoms with E-state index in [1.807, 2.05) is 17.6 Å². The van der Waals surface area contributed by atoms with Gasteiger partial charge in [-0.2, -0.15) is 0 Å². The van der Waals surface area contributed by atoms with Gasteiger partial charge in [0.25, 0.3) is 11.8 Å². The van der Waals surface area contributed by atoms with Crippen LogP contribution in [-0.4, -0.2) is 88.4 Å². The average molecular weight is 694 g/mol. The minimum Gasteiger partial charge on any atom is -0.478 e. The Labute approximate surface area is 274 Å². The summed E-state index contributed by atoms with van der Waals surface area (Å²) in [7, 11) is 0. The molecule has 46 heavy (non-hydrogen) atoms. The minimum absolute atomic E-state index is 0.0115. The Hall–Kier alpha value is -4.46. The smallest absolute Gasteiger partial charge is 0.352 e. The van der Waals surface area contributed by atoms with E-state index in [0.717, 1.165) is 21.8 Å². The second-order valence-corrected chi connectivity index (χ2v) is 13.3. The summed E-state index contributed by atoms with van der Waals surface area (Å²) in [4.78, 5) is 64.9. The lowest BCUT2D eigenvalue weighted by molar-refractivity contribution is -0.664. The number of hydrogen-bond acceptors (Lipinski definition) is 13. The fourth-order valence-electron chi connectivity index (χ4n) is 4.90.